The summed E-state index contributed by atoms with van der Waals surface area (Å²) < 4.78 is 1.72. The Morgan fingerprint density at radius 2 is 2.25 bits per heavy atom. The fourth-order valence-corrected chi connectivity index (χ4v) is 2.38. The molecule has 4 nitrogen and oxygen atoms in total. The second-order valence-corrected chi connectivity index (χ2v) is 4.98. The first kappa shape index (κ1) is 11.3. The maximum atomic E-state index is 10.1. The summed E-state index contributed by atoms with van der Waals surface area (Å²) in [5.74, 6) is 0. The largest absolute Gasteiger partial charge is 0.388 e. The van der Waals surface area contributed by atoms with Crippen LogP contribution in [0.25, 0.3) is 0 Å². The number of aliphatic hydroxyl groups is 1. The van der Waals surface area contributed by atoms with E-state index in [4.69, 9.17) is 0 Å². The summed E-state index contributed by atoms with van der Waals surface area (Å²) >= 11 is 1.61. The molecule has 0 fully saturated rings. The van der Waals surface area contributed by atoms with Gasteiger partial charge in [-0.25, -0.2) is 4.98 Å². The Labute approximate surface area is 98.6 Å². The molecule has 86 valence electrons. The summed E-state index contributed by atoms with van der Waals surface area (Å²) in [5, 5.41) is 17.3. The molecule has 0 aliphatic heterocycles. The molecule has 0 spiro atoms. The Morgan fingerprint density at radius 1 is 1.50 bits per heavy atom. The van der Waals surface area contributed by atoms with Gasteiger partial charge in [-0.15, -0.1) is 11.3 Å². The standard InChI is InChI=1S/C11H15N3OS/c1-7-10(5-14(3)13-7)11(15)4-9-6-16-8(2)12-9/h5-6,11,15H,4H2,1-3H3. The lowest BCUT2D eigenvalue weighted by Crippen LogP contribution is -2.02. The molecule has 0 amide bonds. The third-order valence-corrected chi connectivity index (χ3v) is 3.30. The number of aliphatic hydroxyl groups excluding tert-OH is 1. The Morgan fingerprint density at radius 3 is 2.75 bits per heavy atom. The van der Waals surface area contributed by atoms with E-state index in [1.807, 2.05) is 32.5 Å². The van der Waals surface area contributed by atoms with E-state index in [0.717, 1.165) is 22.0 Å². The quantitative estimate of drug-likeness (QED) is 0.885. The van der Waals surface area contributed by atoms with Gasteiger partial charge in [0.25, 0.3) is 0 Å². The lowest BCUT2D eigenvalue weighted by Gasteiger charge is -2.07. The minimum absolute atomic E-state index is 0.518. The predicted octanol–water partition coefficient (Wildman–Crippen LogP) is 1.77. The van der Waals surface area contributed by atoms with Gasteiger partial charge in [0.1, 0.15) is 0 Å². The molecule has 2 rings (SSSR count). The first-order chi connectivity index (χ1) is 7.56. The Kier molecular flexibility index (Phi) is 3.07. The molecule has 0 bridgehead atoms. The van der Waals surface area contributed by atoms with Gasteiger partial charge in [0.2, 0.25) is 0 Å². The zero-order valence-corrected chi connectivity index (χ0v) is 10.5. The Bertz CT molecular complexity index is 489. The van der Waals surface area contributed by atoms with E-state index in [1.165, 1.54) is 0 Å². The molecular formula is C11H15N3OS. The lowest BCUT2D eigenvalue weighted by atomic mass is 10.1. The van der Waals surface area contributed by atoms with Crippen molar-refractivity contribution in [1.29, 1.82) is 0 Å². The number of hydrogen-bond acceptors (Lipinski definition) is 4. The van der Waals surface area contributed by atoms with Gasteiger partial charge < -0.3 is 5.11 Å². The molecule has 1 atom stereocenters. The van der Waals surface area contributed by atoms with Gasteiger partial charge in [0.05, 0.1) is 22.5 Å². The third-order valence-electron chi connectivity index (χ3n) is 2.48. The van der Waals surface area contributed by atoms with E-state index in [9.17, 15) is 5.11 Å². The highest BCUT2D eigenvalue weighted by atomic mass is 32.1. The fraction of sp³-hybridized carbons (Fsp3) is 0.455. The van der Waals surface area contributed by atoms with Gasteiger partial charge in [0.15, 0.2) is 0 Å². The summed E-state index contributed by atoms with van der Waals surface area (Å²) in [7, 11) is 1.86. The minimum Gasteiger partial charge on any atom is -0.388 e. The fourth-order valence-electron chi connectivity index (χ4n) is 1.76. The van der Waals surface area contributed by atoms with Crippen LogP contribution in [-0.4, -0.2) is 19.9 Å². The second-order valence-electron chi connectivity index (χ2n) is 3.92. The van der Waals surface area contributed by atoms with Crippen molar-refractivity contribution in [3.8, 4) is 0 Å². The van der Waals surface area contributed by atoms with Crippen LogP contribution < -0.4 is 0 Å². The van der Waals surface area contributed by atoms with Crippen molar-refractivity contribution in [2.75, 3.05) is 0 Å². The highest BCUT2D eigenvalue weighted by Gasteiger charge is 2.15. The van der Waals surface area contributed by atoms with Crippen molar-refractivity contribution in [1.82, 2.24) is 14.8 Å². The molecule has 2 aromatic rings. The zero-order valence-electron chi connectivity index (χ0n) is 9.64. The number of rotatable bonds is 3. The predicted molar refractivity (Wildman–Crippen MR) is 63.5 cm³/mol. The third kappa shape index (κ3) is 2.31. The molecule has 0 aromatic carbocycles. The molecule has 16 heavy (non-hydrogen) atoms. The van der Waals surface area contributed by atoms with Crippen molar-refractivity contribution < 1.29 is 5.11 Å². The SMILES string of the molecule is Cc1nc(CC(O)c2cn(C)nc2C)cs1. The molecule has 2 heterocycles. The van der Waals surface area contributed by atoms with Crippen molar-refractivity contribution in [3.05, 3.63) is 33.5 Å². The van der Waals surface area contributed by atoms with Crippen molar-refractivity contribution >= 4 is 11.3 Å². The van der Waals surface area contributed by atoms with Crippen LogP contribution in [-0.2, 0) is 13.5 Å². The van der Waals surface area contributed by atoms with Crippen LogP contribution in [0, 0.1) is 13.8 Å². The summed E-state index contributed by atoms with van der Waals surface area (Å²) in [5.41, 5.74) is 2.70. The Hall–Kier alpha value is -1.20. The molecule has 1 N–H and O–H groups in total. The van der Waals surface area contributed by atoms with Crippen LogP contribution in [0.5, 0.6) is 0 Å². The normalized spacial score (nSPS) is 13.0. The molecule has 1 unspecified atom stereocenters. The number of nitrogens with zero attached hydrogens (tertiary/aromatic N) is 3. The number of aryl methyl sites for hydroxylation is 3. The van der Waals surface area contributed by atoms with Gasteiger partial charge in [-0.3, -0.25) is 4.68 Å². The summed E-state index contributed by atoms with van der Waals surface area (Å²) in [4.78, 5) is 4.34. The molecule has 0 saturated heterocycles. The number of thiazole rings is 1. The van der Waals surface area contributed by atoms with E-state index in [2.05, 4.69) is 10.1 Å². The van der Waals surface area contributed by atoms with Crippen LogP contribution in [0.2, 0.25) is 0 Å². The topological polar surface area (TPSA) is 50.9 Å². The lowest BCUT2D eigenvalue weighted by molar-refractivity contribution is 0.176. The monoisotopic (exact) mass is 237 g/mol. The van der Waals surface area contributed by atoms with Gasteiger partial charge >= 0.3 is 0 Å². The molecule has 0 saturated carbocycles. The number of hydrogen-bond donors (Lipinski definition) is 1. The highest BCUT2D eigenvalue weighted by molar-refractivity contribution is 7.09. The summed E-state index contributed by atoms with van der Waals surface area (Å²) in [6, 6.07) is 0. The second kappa shape index (κ2) is 4.35. The van der Waals surface area contributed by atoms with E-state index >= 15 is 0 Å². The molecule has 2 aromatic heterocycles. The van der Waals surface area contributed by atoms with Crippen molar-refractivity contribution in [2.24, 2.45) is 7.05 Å². The Balaban J connectivity index is 2.14. The summed E-state index contributed by atoms with van der Waals surface area (Å²) in [6.45, 7) is 3.88. The molecule has 0 radical (unpaired) electrons. The van der Waals surface area contributed by atoms with Crippen molar-refractivity contribution in [2.45, 2.75) is 26.4 Å². The van der Waals surface area contributed by atoms with Crippen LogP contribution >= 0.6 is 11.3 Å². The summed E-state index contributed by atoms with van der Waals surface area (Å²) in [6.07, 6.45) is 1.89. The van der Waals surface area contributed by atoms with E-state index in [-0.39, 0.29) is 0 Å². The van der Waals surface area contributed by atoms with Gasteiger partial charge in [0, 0.05) is 30.6 Å². The number of aromatic nitrogens is 3. The van der Waals surface area contributed by atoms with E-state index in [0.29, 0.717) is 6.42 Å². The minimum atomic E-state index is -0.518. The highest BCUT2D eigenvalue weighted by Crippen LogP contribution is 2.21. The smallest absolute Gasteiger partial charge is 0.0897 e. The molecule has 0 aliphatic rings. The van der Waals surface area contributed by atoms with Gasteiger partial charge in [-0.05, 0) is 13.8 Å². The van der Waals surface area contributed by atoms with Gasteiger partial charge in [-0.1, -0.05) is 0 Å². The van der Waals surface area contributed by atoms with E-state index in [1.54, 1.807) is 16.0 Å². The van der Waals surface area contributed by atoms with Crippen LogP contribution in [0.4, 0.5) is 0 Å². The first-order valence-electron chi connectivity index (χ1n) is 5.15. The molecule has 0 aliphatic carbocycles. The van der Waals surface area contributed by atoms with E-state index < -0.39 is 6.10 Å². The van der Waals surface area contributed by atoms with Crippen LogP contribution in [0.1, 0.15) is 28.1 Å². The zero-order chi connectivity index (χ0) is 11.7. The first-order valence-corrected chi connectivity index (χ1v) is 6.03. The van der Waals surface area contributed by atoms with Gasteiger partial charge in [-0.2, -0.15) is 5.10 Å². The molecule has 5 heteroatoms. The maximum absolute atomic E-state index is 10.1. The van der Waals surface area contributed by atoms with Crippen LogP contribution in [0.15, 0.2) is 11.6 Å². The van der Waals surface area contributed by atoms with Crippen molar-refractivity contribution in [3.63, 3.8) is 0 Å². The molecular weight excluding hydrogens is 222 g/mol. The van der Waals surface area contributed by atoms with Crippen LogP contribution in [0.3, 0.4) is 0 Å². The maximum Gasteiger partial charge on any atom is 0.0897 e. The average molecular weight is 237 g/mol. The average Bonchev–Trinajstić information content (AvgIpc) is 2.73.